The number of rotatable bonds is 5. The van der Waals surface area contributed by atoms with Gasteiger partial charge in [0.05, 0.1) is 36.9 Å². The summed E-state index contributed by atoms with van der Waals surface area (Å²) in [5.74, 6) is 0.684. The maximum absolute atomic E-state index is 6.27. The molecule has 2 N–H and O–H groups in total. The molecule has 0 aliphatic carbocycles. The van der Waals surface area contributed by atoms with Crippen LogP contribution in [0.25, 0.3) is 0 Å². The second-order valence-electron chi connectivity index (χ2n) is 4.38. The van der Waals surface area contributed by atoms with E-state index in [1.807, 2.05) is 11.6 Å². The van der Waals surface area contributed by atoms with E-state index in [0.29, 0.717) is 11.4 Å². The highest BCUT2D eigenvalue weighted by atomic mass is 16.5. The number of hydrogen-bond donors (Lipinski definition) is 1. The second kappa shape index (κ2) is 5.79. The molecular formula is C13H19N5O. The minimum Gasteiger partial charge on any atom is -0.493 e. The molecule has 2 rings (SSSR count). The summed E-state index contributed by atoms with van der Waals surface area (Å²) in [6.07, 6.45) is 6.07. The van der Waals surface area contributed by atoms with Crippen LogP contribution in [0.4, 0.5) is 0 Å². The van der Waals surface area contributed by atoms with Crippen LogP contribution in [-0.4, -0.2) is 26.9 Å². The van der Waals surface area contributed by atoms with Gasteiger partial charge in [-0.1, -0.05) is 6.92 Å². The standard InChI is InChI=1S/C13H19N5O/c1-4-5-18-13(11(19-3)8-17-18)12(14)10-7-15-9(2)6-16-10/h6-8,12H,4-5,14H2,1-3H3. The Morgan fingerprint density at radius 3 is 2.68 bits per heavy atom. The van der Waals surface area contributed by atoms with Gasteiger partial charge in [-0.3, -0.25) is 14.6 Å². The summed E-state index contributed by atoms with van der Waals surface area (Å²) in [5.41, 5.74) is 8.69. The quantitative estimate of drug-likeness (QED) is 0.881. The third-order valence-electron chi connectivity index (χ3n) is 2.91. The molecule has 0 saturated carbocycles. The topological polar surface area (TPSA) is 78.9 Å². The molecule has 0 aliphatic rings. The maximum atomic E-state index is 6.27. The van der Waals surface area contributed by atoms with Crippen molar-refractivity contribution in [2.24, 2.45) is 5.73 Å². The zero-order valence-corrected chi connectivity index (χ0v) is 11.5. The largest absolute Gasteiger partial charge is 0.493 e. The number of nitrogens with two attached hydrogens (primary N) is 1. The van der Waals surface area contributed by atoms with E-state index >= 15 is 0 Å². The minimum absolute atomic E-state index is 0.392. The van der Waals surface area contributed by atoms with Gasteiger partial charge in [0.2, 0.25) is 0 Å². The minimum atomic E-state index is -0.392. The van der Waals surface area contributed by atoms with E-state index in [0.717, 1.165) is 24.4 Å². The molecule has 0 aliphatic heterocycles. The van der Waals surface area contributed by atoms with E-state index < -0.39 is 6.04 Å². The number of aromatic nitrogens is 4. The Bertz CT molecular complexity index is 534. The first-order valence-corrected chi connectivity index (χ1v) is 6.31. The summed E-state index contributed by atoms with van der Waals surface area (Å²) < 4.78 is 7.19. The van der Waals surface area contributed by atoms with E-state index in [4.69, 9.17) is 10.5 Å². The fourth-order valence-electron chi connectivity index (χ4n) is 1.94. The highest BCUT2D eigenvalue weighted by molar-refractivity contribution is 5.33. The van der Waals surface area contributed by atoms with E-state index in [1.54, 1.807) is 25.7 Å². The molecule has 102 valence electrons. The first-order chi connectivity index (χ1) is 9.17. The number of hydrogen-bond acceptors (Lipinski definition) is 5. The summed E-state index contributed by atoms with van der Waals surface area (Å²) in [6.45, 7) is 4.78. The fourth-order valence-corrected chi connectivity index (χ4v) is 1.94. The summed E-state index contributed by atoms with van der Waals surface area (Å²) in [5, 5.41) is 4.30. The Kier molecular flexibility index (Phi) is 4.11. The molecule has 19 heavy (non-hydrogen) atoms. The molecular weight excluding hydrogens is 242 g/mol. The SMILES string of the molecule is CCCn1ncc(OC)c1C(N)c1cnc(C)cn1. The van der Waals surface area contributed by atoms with Gasteiger partial charge in [-0.25, -0.2) is 0 Å². The van der Waals surface area contributed by atoms with Gasteiger partial charge in [0, 0.05) is 12.7 Å². The average Bonchev–Trinajstić information content (AvgIpc) is 2.82. The third-order valence-corrected chi connectivity index (χ3v) is 2.91. The monoisotopic (exact) mass is 261 g/mol. The lowest BCUT2D eigenvalue weighted by Gasteiger charge is -2.15. The van der Waals surface area contributed by atoms with Crippen molar-refractivity contribution in [3.05, 3.63) is 35.7 Å². The van der Waals surface area contributed by atoms with Gasteiger partial charge in [0.1, 0.15) is 5.69 Å². The Morgan fingerprint density at radius 2 is 2.11 bits per heavy atom. The zero-order valence-electron chi connectivity index (χ0n) is 11.5. The highest BCUT2D eigenvalue weighted by Gasteiger charge is 2.21. The third kappa shape index (κ3) is 2.73. The molecule has 0 spiro atoms. The van der Waals surface area contributed by atoms with Crippen molar-refractivity contribution in [2.75, 3.05) is 7.11 Å². The summed E-state index contributed by atoms with van der Waals surface area (Å²) in [6, 6.07) is -0.392. The van der Waals surface area contributed by atoms with Crippen molar-refractivity contribution in [3.63, 3.8) is 0 Å². The second-order valence-corrected chi connectivity index (χ2v) is 4.38. The molecule has 1 unspecified atom stereocenters. The lowest BCUT2D eigenvalue weighted by molar-refractivity contribution is 0.403. The lowest BCUT2D eigenvalue weighted by Crippen LogP contribution is -2.19. The van der Waals surface area contributed by atoms with Crippen LogP contribution < -0.4 is 10.5 Å². The number of ether oxygens (including phenoxy) is 1. The maximum Gasteiger partial charge on any atom is 0.161 e. The molecule has 6 nitrogen and oxygen atoms in total. The van der Waals surface area contributed by atoms with Gasteiger partial charge in [-0.2, -0.15) is 5.10 Å². The van der Waals surface area contributed by atoms with Gasteiger partial charge in [0.15, 0.2) is 5.75 Å². The summed E-state index contributed by atoms with van der Waals surface area (Å²) in [7, 11) is 1.62. The summed E-state index contributed by atoms with van der Waals surface area (Å²) >= 11 is 0. The van der Waals surface area contributed by atoms with Crippen molar-refractivity contribution >= 4 is 0 Å². The summed E-state index contributed by atoms with van der Waals surface area (Å²) in [4.78, 5) is 8.55. The first-order valence-electron chi connectivity index (χ1n) is 6.31. The molecule has 1 atom stereocenters. The van der Waals surface area contributed by atoms with Crippen molar-refractivity contribution in [1.29, 1.82) is 0 Å². The van der Waals surface area contributed by atoms with Gasteiger partial charge < -0.3 is 10.5 Å². The Hall–Kier alpha value is -1.95. The molecule has 2 aromatic heterocycles. The van der Waals surface area contributed by atoms with E-state index in [2.05, 4.69) is 22.0 Å². The Balaban J connectivity index is 2.38. The van der Waals surface area contributed by atoms with Crippen LogP contribution >= 0.6 is 0 Å². The van der Waals surface area contributed by atoms with Crippen LogP contribution in [0.5, 0.6) is 5.75 Å². The van der Waals surface area contributed by atoms with Crippen LogP contribution in [0.15, 0.2) is 18.6 Å². The number of aryl methyl sites for hydroxylation is 2. The zero-order chi connectivity index (χ0) is 13.8. The average molecular weight is 261 g/mol. The molecule has 2 aromatic rings. The lowest BCUT2D eigenvalue weighted by atomic mass is 10.1. The number of nitrogens with zero attached hydrogens (tertiary/aromatic N) is 4. The first kappa shape index (κ1) is 13.5. The molecule has 0 aromatic carbocycles. The van der Waals surface area contributed by atoms with Crippen LogP contribution in [0, 0.1) is 6.92 Å². The van der Waals surface area contributed by atoms with E-state index in [1.165, 1.54) is 0 Å². The molecule has 2 heterocycles. The van der Waals surface area contributed by atoms with Gasteiger partial charge in [0.25, 0.3) is 0 Å². The predicted molar refractivity (Wildman–Crippen MR) is 71.9 cm³/mol. The smallest absolute Gasteiger partial charge is 0.161 e. The molecule has 0 saturated heterocycles. The van der Waals surface area contributed by atoms with Gasteiger partial charge in [-0.15, -0.1) is 0 Å². The van der Waals surface area contributed by atoms with Crippen LogP contribution in [-0.2, 0) is 6.54 Å². The van der Waals surface area contributed by atoms with Gasteiger partial charge in [-0.05, 0) is 13.3 Å². The van der Waals surface area contributed by atoms with Gasteiger partial charge >= 0.3 is 0 Å². The van der Waals surface area contributed by atoms with E-state index in [-0.39, 0.29) is 0 Å². The molecule has 0 fully saturated rings. The molecule has 0 radical (unpaired) electrons. The van der Waals surface area contributed by atoms with Crippen molar-refractivity contribution < 1.29 is 4.74 Å². The van der Waals surface area contributed by atoms with Crippen LogP contribution in [0.1, 0.15) is 36.5 Å². The Morgan fingerprint density at radius 1 is 1.32 bits per heavy atom. The van der Waals surface area contributed by atoms with Crippen LogP contribution in [0.2, 0.25) is 0 Å². The normalized spacial score (nSPS) is 12.4. The highest BCUT2D eigenvalue weighted by Crippen LogP contribution is 2.27. The molecule has 0 amide bonds. The molecule has 6 heteroatoms. The Labute approximate surface area is 112 Å². The predicted octanol–water partition coefficient (Wildman–Crippen LogP) is 1.45. The fraction of sp³-hybridized carbons (Fsp3) is 0.462. The van der Waals surface area contributed by atoms with Crippen molar-refractivity contribution in [1.82, 2.24) is 19.7 Å². The van der Waals surface area contributed by atoms with Crippen molar-refractivity contribution in [2.45, 2.75) is 32.9 Å². The van der Waals surface area contributed by atoms with Crippen LogP contribution in [0.3, 0.4) is 0 Å². The van der Waals surface area contributed by atoms with Crippen molar-refractivity contribution in [3.8, 4) is 5.75 Å². The van der Waals surface area contributed by atoms with E-state index in [9.17, 15) is 0 Å². The number of methoxy groups -OCH3 is 1. The molecule has 0 bridgehead atoms.